The number of hydrogen-bond donors (Lipinski definition) is 0. The summed E-state index contributed by atoms with van der Waals surface area (Å²) in [4.78, 5) is 7.65. The van der Waals surface area contributed by atoms with Crippen LogP contribution in [0.5, 0.6) is 0 Å². The predicted octanol–water partition coefficient (Wildman–Crippen LogP) is 4.91. The summed E-state index contributed by atoms with van der Waals surface area (Å²) in [6.45, 7) is 15.9. The standard InChI is InChI=1S/C22H34N2/c1-7-20(13-19-11-9-8-10-12-19)23-21-18(6)22(21)24(14-16(2)3)15-17(4)5/h8-12,16-17,20H,7,13-15H2,1-6H3/b23-21-/t20-/m1/s1. The second kappa shape index (κ2) is 8.50. The van der Waals surface area contributed by atoms with Crippen LogP contribution in [0.25, 0.3) is 0 Å². The highest BCUT2D eigenvalue weighted by Gasteiger charge is 2.24. The molecule has 0 fully saturated rings. The fourth-order valence-corrected chi connectivity index (χ4v) is 3.29. The molecule has 0 heterocycles. The normalized spacial score (nSPS) is 14.1. The van der Waals surface area contributed by atoms with E-state index in [0.29, 0.717) is 17.9 Å². The van der Waals surface area contributed by atoms with Gasteiger partial charge in [0.1, 0.15) is 0 Å². The minimum Gasteiger partial charge on any atom is -0.369 e. The molecule has 2 rings (SSSR count). The predicted molar refractivity (Wildman–Crippen MR) is 105 cm³/mol. The second-order valence-corrected chi connectivity index (χ2v) is 7.90. The van der Waals surface area contributed by atoms with Crippen LogP contribution < -0.4 is 10.3 Å². The van der Waals surface area contributed by atoms with Gasteiger partial charge in [-0.2, -0.15) is 0 Å². The van der Waals surface area contributed by atoms with Gasteiger partial charge in [0.15, 0.2) is 0 Å². The molecular weight excluding hydrogens is 292 g/mol. The van der Waals surface area contributed by atoms with Gasteiger partial charge in [0.2, 0.25) is 0 Å². The lowest BCUT2D eigenvalue weighted by Gasteiger charge is -2.25. The molecule has 0 aliphatic rings. The minimum absolute atomic E-state index is 0.384. The molecule has 0 amide bonds. The van der Waals surface area contributed by atoms with E-state index in [1.165, 1.54) is 22.2 Å². The van der Waals surface area contributed by atoms with Gasteiger partial charge in [-0.3, -0.25) is 4.99 Å². The number of rotatable bonds is 9. The Bertz CT molecular complexity index is 620. The topological polar surface area (TPSA) is 15.6 Å². The lowest BCUT2D eigenvalue weighted by atomic mass is 10.0. The molecule has 0 bridgehead atoms. The molecule has 0 spiro atoms. The van der Waals surface area contributed by atoms with Gasteiger partial charge in [-0.05, 0) is 37.2 Å². The molecule has 0 aliphatic carbocycles. The third kappa shape index (κ3) is 5.22. The van der Waals surface area contributed by atoms with Gasteiger partial charge in [-0.1, -0.05) is 65.0 Å². The second-order valence-electron chi connectivity index (χ2n) is 7.90. The molecule has 0 unspecified atom stereocenters. The summed E-state index contributed by atoms with van der Waals surface area (Å²) in [5.74, 6) is 1.36. The quantitative estimate of drug-likeness (QED) is 0.639. The number of benzene rings is 1. The van der Waals surface area contributed by atoms with E-state index in [9.17, 15) is 0 Å². The molecule has 0 aliphatic heterocycles. The van der Waals surface area contributed by atoms with Crippen molar-refractivity contribution in [1.82, 2.24) is 0 Å². The van der Waals surface area contributed by atoms with Crippen molar-refractivity contribution in [1.29, 1.82) is 0 Å². The third-order valence-electron chi connectivity index (χ3n) is 4.46. The minimum atomic E-state index is 0.384. The number of hydrogen-bond acceptors (Lipinski definition) is 2. The van der Waals surface area contributed by atoms with E-state index in [1.807, 2.05) is 0 Å². The van der Waals surface area contributed by atoms with Crippen LogP contribution in [-0.4, -0.2) is 19.1 Å². The van der Waals surface area contributed by atoms with Crippen molar-refractivity contribution in [3.05, 3.63) is 46.8 Å². The number of nitrogens with zero attached hydrogens (tertiary/aromatic N) is 2. The fraction of sp³-hybridized carbons (Fsp3) is 0.591. The van der Waals surface area contributed by atoms with Crippen LogP contribution in [0.4, 0.5) is 5.69 Å². The first-order valence-electron chi connectivity index (χ1n) is 9.50. The summed E-state index contributed by atoms with van der Waals surface area (Å²) in [5.41, 5.74) is 4.21. The monoisotopic (exact) mass is 326 g/mol. The van der Waals surface area contributed by atoms with Crippen LogP contribution in [-0.2, 0) is 6.42 Å². The Labute approximate surface area is 148 Å². The van der Waals surface area contributed by atoms with Crippen molar-refractivity contribution in [2.75, 3.05) is 18.0 Å². The fourth-order valence-electron chi connectivity index (χ4n) is 3.29. The zero-order valence-electron chi connectivity index (χ0n) is 16.3. The molecule has 0 radical (unpaired) electrons. The zero-order valence-corrected chi connectivity index (χ0v) is 16.3. The van der Waals surface area contributed by atoms with Crippen molar-refractivity contribution in [3.8, 4) is 0 Å². The van der Waals surface area contributed by atoms with Gasteiger partial charge in [-0.15, -0.1) is 0 Å². The highest BCUT2D eigenvalue weighted by Crippen LogP contribution is 2.24. The van der Waals surface area contributed by atoms with Crippen molar-refractivity contribution in [3.63, 3.8) is 0 Å². The summed E-state index contributed by atoms with van der Waals surface area (Å²) >= 11 is 0. The molecule has 2 heteroatoms. The molecule has 0 saturated heterocycles. The molecule has 0 aromatic heterocycles. The first-order valence-corrected chi connectivity index (χ1v) is 9.50. The molecule has 2 nitrogen and oxygen atoms in total. The van der Waals surface area contributed by atoms with Gasteiger partial charge in [-0.25, -0.2) is 0 Å². The van der Waals surface area contributed by atoms with Crippen molar-refractivity contribution >= 4 is 5.69 Å². The van der Waals surface area contributed by atoms with E-state index in [2.05, 4.69) is 76.8 Å². The third-order valence-corrected chi connectivity index (χ3v) is 4.46. The maximum Gasteiger partial charge on any atom is 0.0865 e. The van der Waals surface area contributed by atoms with Crippen LogP contribution in [0.15, 0.2) is 35.3 Å². The summed E-state index contributed by atoms with van der Waals surface area (Å²) in [6.07, 6.45) is 2.13. The average molecular weight is 327 g/mol. The average Bonchev–Trinajstić information content (AvgIpc) is 3.15. The molecule has 2 aromatic rings. The van der Waals surface area contributed by atoms with E-state index >= 15 is 0 Å². The Hall–Kier alpha value is -1.57. The first-order chi connectivity index (χ1) is 11.4. The van der Waals surface area contributed by atoms with E-state index in [-0.39, 0.29) is 0 Å². The molecule has 132 valence electrons. The van der Waals surface area contributed by atoms with Gasteiger partial charge in [0.25, 0.3) is 0 Å². The molecule has 24 heavy (non-hydrogen) atoms. The van der Waals surface area contributed by atoms with E-state index in [0.717, 1.165) is 25.9 Å². The Balaban J connectivity index is 2.15. The lowest BCUT2D eigenvalue weighted by molar-refractivity contribution is 0.554. The molecular formula is C22H34N2. The van der Waals surface area contributed by atoms with Crippen LogP contribution in [0.3, 0.4) is 0 Å². The summed E-state index contributed by atoms with van der Waals surface area (Å²) in [7, 11) is 0. The van der Waals surface area contributed by atoms with E-state index < -0.39 is 0 Å². The summed E-state index contributed by atoms with van der Waals surface area (Å²) in [5, 5.41) is 1.28. The Morgan fingerprint density at radius 2 is 1.54 bits per heavy atom. The highest BCUT2D eigenvalue weighted by atomic mass is 15.2. The molecule has 0 N–H and O–H groups in total. The molecule has 0 saturated carbocycles. The molecule has 2 aromatic carbocycles. The van der Waals surface area contributed by atoms with E-state index in [4.69, 9.17) is 4.99 Å². The van der Waals surface area contributed by atoms with Crippen LogP contribution in [0, 0.1) is 18.8 Å². The Morgan fingerprint density at radius 1 is 0.958 bits per heavy atom. The van der Waals surface area contributed by atoms with Crippen LogP contribution in [0.1, 0.15) is 52.2 Å². The van der Waals surface area contributed by atoms with Gasteiger partial charge < -0.3 is 4.90 Å². The largest absolute Gasteiger partial charge is 0.369 e. The van der Waals surface area contributed by atoms with E-state index in [1.54, 1.807) is 0 Å². The van der Waals surface area contributed by atoms with Crippen molar-refractivity contribution < 1.29 is 0 Å². The van der Waals surface area contributed by atoms with Crippen molar-refractivity contribution in [2.45, 2.75) is 60.4 Å². The number of anilines is 1. The van der Waals surface area contributed by atoms with Crippen LogP contribution in [0.2, 0.25) is 0 Å². The van der Waals surface area contributed by atoms with Gasteiger partial charge in [0, 0.05) is 18.7 Å². The Kier molecular flexibility index (Phi) is 6.65. The summed E-state index contributed by atoms with van der Waals surface area (Å²) in [6, 6.07) is 11.1. The Morgan fingerprint density at radius 3 is 2.04 bits per heavy atom. The maximum atomic E-state index is 5.10. The molecule has 1 atom stereocenters. The summed E-state index contributed by atoms with van der Waals surface area (Å²) < 4.78 is 0. The van der Waals surface area contributed by atoms with Gasteiger partial charge >= 0.3 is 0 Å². The van der Waals surface area contributed by atoms with Crippen molar-refractivity contribution in [2.24, 2.45) is 16.8 Å². The maximum absolute atomic E-state index is 5.10. The zero-order chi connectivity index (χ0) is 17.7. The SMILES string of the molecule is CC[C@H](Cc1ccccc1)/N=c1/c(C)c1N(CC(C)C)CC(C)C. The van der Waals surface area contributed by atoms with Gasteiger partial charge in [0.05, 0.1) is 17.1 Å². The first kappa shape index (κ1) is 18.8. The highest BCUT2D eigenvalue weighted by molar-refractivity contribution is 5.65. The van der Waals surface area contributed by atoms with Crippen LogP contribution >= 0.6 is 0 Å². The lowest BCUT2D eigenvalue weighted by Crippen LogP contribution is -2.31. The smallest absolute Gasteiger partial charge is 0.0865 e.